The molecule has 0 atom stereocenters. The van der Waals surface area contributed by atoms with Gasteiger partial charge in [-0.15, -0.1) is 0 Å². The maximum atomic E-state index is 3.43. The standard InChI is InChI=1S/C13H13NS.W/c1-15-10-13-9-14-8-12(13)7-11-5-3-2-4-6-11;/h2-7,10,14H,9H2,1H3;/b12-7-,13-10+;. The maximum absolute atomic E-state index is 3.43. The van der Waals surface area contributed by atoms with Crippen LogP contribution in [-0.4, -0.2) is 16.8 Å². The molecule has 16 heavy (non-hydrogen) atoms. The van der Waals surface area contributed by atoms with Gasteiger partial charge in [-0.05, 0) is 0 Å². The Morgan fingerprint density at radius 1 is 1.31 bits per heavy atom. The topological polar surface area (TPSA) is 12.0 Å². The van der Waals surface area contributed by atoms with E-state index in [0.29, 0.717) is 0 Å². The molecule has 1 aliphatic rings. The van der Waals surface area contributed by atoms with Crippen molar-refractivity contribution < 1.29 is 19.4 Å². The molecular weight excluding hydrogens is 386 g/mol. The third kappa shape index (κ3) is 2.82. The number of benzene rings is 1. The molecule has 2 rings (SSSR count). The molecule has 0 aromatic heterocycles. The second kappa shape index (κ2) is 5.77. The van der Waals surface area contributed by atoms with Gasteiger partial charge in [-0.25, -0.2) is 0 Å². The molecule has 0 bridgehead atoms. The molecule has 0 saturated carbocycles. The van der Waals surface area contributed by atoms with Crippen molar-refractivity contribution in [3.63, 3.8) is 0 Å². The van der Waals surface area contributed by atoms with Gasteiger partial charge in [0.2, 0.25) is 0 Å². The molecule has 1 heterocycles. The van der Waals surface area contributed by atoms with Crippen LogP contribution in [0.4, 0.5) is 0 Å². The van der Waals surface area contributed by atoms with Crippen molar-refractivity contribution in [2.45, 2.75) is 0 Å². The Bertz CT molecular complexity index is 448. The zero-order chi connectivity index (χ0) is 11.4. The summed E-state index contributed by atoms with van der Waals surface area (Å²) in [5, 5.41) is 5.66. The van der Waals surface area contributed by atoms with Gasteiger partial charge in [0.15, 0.2) is 0 Å². The van der Waals surface area contributed by atoms with Crippen LogP contribution >= 0.6 is 11.8 Å². The van der Waals surface area contributed by atoms with E-state index in [1.165, 1.54) is 40.1 Å². The van der Waals surface area contributed by atoms with Gasteiger partial charge in [-0.3, -0.25) is 0 Å². The van der Waals surface area contributed by atoms with Crippen LogP contribution in [0.1, 0.15) is 5.56 Å². The molecule has 1 saturated heterocycles. The minimum absolute atomic E-state index is 0.971. The molecule has 0 unspecified atom stereocenters. The van der Waals surface area contributed by atoms with Crippen molar-refractivity contribution >= 4 is 21.9 Å². The molecule has 1 aliphatic heterocycles. The first-order valence-corrected chi connectivity index (χ1v) is 7.84. The molecule has 0 radical (unpaired) electrons. The molecular formula is C13H13NSW. The van der Waals surface area contributed by atoms with Crippen molar-refractivity contribution in [3.05, 3.63) is 52.4 Å². The van der Waals surface area contributed by atoms with Gasteiger partial charge in [0.05, 0.1) is 0 Å². The van der Waals surface area contributed by atoms with Crippen LogP contribution in [0.25, 0.3) is 6.08 Å². The summed E-state index contributed by atoms with van der Waals surface area (Å²) in [5.41, 5.74) is 4.05. The molecule has 1 fully saturated rings. The van der Waals surface area contributed by atoms with E-state index in [0.717, 1.165) is 6.54 Å². The molecule has 82 valence electrons. The number of rotatable bonds is 2. The fraction of sp³-hybridized carbons (Fsp3) is 0.154. The fourth-order valence-corrected chi connectivity index (χ4v) is 3.07. The number of hydrogen-bond donors (Lipinski definition) is 1. The Labute approximate surface area is 111 Å². The summed E-state index contributed by atoms with van der Waals surface area (Å²) >= 11 is 3.27. The van der Waals surface area contributed by atoms with E-state index >= 15 is 0 Å². The van der Waals surface area contributed by atoms with E-state index in [4.69, 9.17) is 0 Å². The molecule has 3 heteroatoms. The Morgan fingerprint density at radius 3 is 2.75 bits per heavy atom. The normalized spacial score (nSPS) is 20.9. The summed E-state index contributed by atoms with van der Waals surface area (Å²) in [6.45, 7) is 0.971. The van der Waals surface area contributed by atoms with E-state index < -0.39 is 0 Å². The quantitative estimate of drug-likeness (QED) is 0.821. The Kier molecular flexibility index (Phi) is 4.34. The average Bonchev–Trinajstić information content (AvgIpc) is 2.64. The summed E-state index contributed by atoms with van der Waals surface area (Å²) < 4.78 is 1.35. The van der Waals surface area contributed by atoms with Crippen molar-refractivity contribution in [1.29, 1.82) is 0 Å². The predicted molar refractivity (Wildman–Crippen MR) is 69.0 cm³/mol. The van der Waals surface area contributed by atoms with Crippen LogP contribution in [-0.2, 0) is 19.4 Å². The molecule has 1 aromatic carbocycles. The summed E-state index contributed by atoms with van der Waals surface area (Å²) in [6, 6.07) is 10.5. The first kappa shape index (κ1) is 12.0. The second-order valence-corrected chi connectivity index (χ2v) is 5.70. The number of thioether (sulfide) groups is 1. The SMILES string of the molecule is CS/C=C1\CN[C](=[W])\C1=C\c1ccccc1. The second-order valence-electron chi connectivity index (χ2n) is 3.53. The van der Waals surface area contributed by atoms with E-state index in [-0.39, 0.29) is 0 Å². The minimum atomic E-state index is 0.971. The van der Waals surface area contributed by atoms with Crippen LogP contribution in [0.3, 0.4) is 0 Å². The fourth-order valence-electron chi connectivity index (χ4n) is 1.63. The van der Waals surface area contributed by atoms with Gasteiger partial charge in [0.1, 0.15) is 0 Å². The number of nitrogens with one attached hydrogen (secondary N) is 1. The zero-order valence-electron chi connectivity index (χ0n) is 9.07. The third-order valence-electron chi connectivity index (χ3n) is 2.40. The van der Waals surface area contributed by atoms with E-state index in [1.807, 2.05) is 0 Å². The summed E-state index contributed by atoms with van der Waals surface area (Å²) in [6.07, 6.45) is 4.37. The monoisotopic (exact) mass is 399 g/mol. The van der Waals surface area contributed by atoms with Gasteiger partial charge in [-0.1, -0.05) is 0 Å². The number of hydrogen-bond acceptors (Lipinski definition) is 2. The van der Waals surface area contributed by atoms with Crippen molar-refractivity contribution in [1.82, 2.24) is 5.32 Å². The van der Waals surface area contributed by atoms with Gasteiger partial charge >= 0.3 is 112 Å². The zero-order valence-corrected chi connectivity index (χ0v) is 12.8. The van der Waals surface area contributed by atoms with Crippen molar-refractivity contribution in [2.75, 3.05) is 12.8 Å². The van der Waals surface area contributed by atoms with E-state index in [9.17, 15) is 0 Å². The Morgan fingerprint density at radius 2 is 2.06 bits per heavy atom. The summed E-state index contributed by atoms with van der Waals surface area (Å²) in [7, 11) is 0. The van der Waals surface area contributed by atoms with Gasteiger partial charge in [0, 0.05) is 0 Å². The summed E-state index contributed by atoms with van der Waals surface area (Å²) in [5.74, 6) is 0. The molecule has 1 aromatic rings. The van der Waals surface area contributed by atoms with Crippen molar-refractivity contribution in [2.24, 2.45) is 0 Å². The van der Waals surface area contributed by atoms with Crippen LogP contribution < -0.4 is 5.32 Å². The van der Waals surface area contributed by atoms with E-state index in [2.05, 4.69) is 53.4 Å². The first-order chi connectivity index (χ1) is 7.81. The molecule has 0 spiro atoms. The van der Waals surface area contributed by atoms with E-state index in [1.54, 1.807) is 11.8 Å². The third-order valence-corrected chi connectivity index (χ3v) is 4.23. The van der Waals surface area contributed by atoms with Crippen LogP contribution in [0.2, 0.25) is 0 Å². The summed E-state index contributed by atoms with van der Waals surface area (Å²) in [4.78, 5) is 0. The predicted octanol–water partition coefficient (Wildman–Crippen LogP) is 2.60. The molecule has 1 N–H and O–H groups in total. The first-order valence-electron chi connectivity index (χ1n) is 5.08. The Hall–Kier alpha value is -0.432. The van der Waals surface area contributed by atoms with Gasteiger partial charge in [-0.2, -0.15) is 0 Å². The molecule has 0 aliphatic carbocycles. The molecule has 0 amide bonds. The van der Waals surface area contributed by atoms with Crippen LogP contribution in [0.5, 0.6) is 0 Å². The van der Waals surface area contributed by atoms with Gasteiger partial charge < -0.3 is 0 Å². The molecule has 1 nitrogen and oxygen atoms in total. The van der Waals surface area contributed by atoms with Gasteiger partial charge in [0.25, 0.3) is 0 Å². The van der Waals surface area contributed by atoms with Crippen LogP contribution in [0.15, 0.2) is 46.9 Å². The Balaban J connectivity index is 2.34. The van der Waals surface area contributed by atoms with Crippen molar-refractivity contribution in [3.8, 4) is 0 Å². The van der Waals surface area contributed by atoms with Crippen LogP contribution in [0, 0.1) is 0 Å². The average molecular weight is 399 g/mol.